The molecule has 0 saturated carbocycles. The molecule has 0 saturated heterocycles. The molecule has 1 N–H and O–H groups in total. The maximum absolute atomic E-state index is 11.9. The monoisotopic (exact) mass is 376 g/mol. The molecule has 0 fully saturated rings. The average Bonchev–Trinajstić information content (AvgIpc) is 2.91. The third kappa shape index (κ3) is 5.27. The topological polar surface area (TPSA) is 126 Å². The maximum Gasteiger partial charge on any atom is 0.328 e. The minimum absolute atomic E-state index is 0.140. The van der Waals surface area contributed by atoms with E-state index in [2.05, 4.69) is 10.4 Å². The second-order valence-electron chi connectivity index (χ2n) is 5.72. The molecular weight excluding hydrogens is 356 g/mol. The number of aromatic nitrogens is 2. The number of amides is 1. The van der Waals surface area contributed by atoms with Gasteiger partial charge in [0.2, 0.25) is 0 Å². The fourth-order valence-electron chi connectivity index (χ4n) is 2.45. The smallest absolute Gasteiger partial charge is 0.328 e. The van der Waals surface area contributed by atoms with Crippen LogP contribution in [0, 0.1) is 24.0 Å². The molecule has 0 aliphatic heterocycles. The number of carbonyl (C=O) groups is 2. The molecule has 1 heterocycles. The van der Waals surface area contributed by atoms with Gasteiger partial charge in [-0.05, 0) is 31.5 Å². The quantitative estimate of drug-likeness (QED) is 0.418. The van der Waals surface area contributed by atoms with Gasteiger partial charge in [-0.15, -0.1) is 0 Å². The molecular formula is C17H20N4O6. The largest absolute Gasteiger partial charge is 0.497 e. The van der Waals surface area contributed by atoms with Crippen molar-refractivity contribution in [2.75, 3.05) is 13.7 Å². The van der Waals surface area contributed by atoms with Crippen LogP contribution in [-0.4, -0.2) is 40.3 Å². The van der Waals surface area contributed by atoms with Crippen molar-refractivity contribution in [3.05, 3.63) is 51.3 Å². The number of nitro groups is 1. The maximum atomic E-state index is 11.9. The van der Waals surface area contributed by atoms with E-state index in [1.54, 1.807) is 25.3 Å². The van der Waals surface area contributed by atoms with E-state index in [1.807, 2.05) is 6.07 Å². The third-order valence-corrected chi connectivity index (χ3v) is 3.79. The molecule has 10 heteroatoms. The van der Waals surface area contributed by atoms with E-state index in [0.717, 1.165) is 5.56 Å². The molecule has 1 amide bonds. The van der Waals surface area contributed by atoms with E-state index < -0.39 is 23.4 Å². The Bertz CT molecular complexity index is 861. The van der Waals surface area contributed by atoms with Gasteiger partial charge in [0.15, 0.2) is 6.61 Å². The highest BCUT2D eigenvalue weighted by Crippen LogP contribution is 2.21. The summed E-state index contributed by atoms with van der Waals surface area (Å²) < 4.78 is 11.2. The van der Waals surface area contributed by atoms with E-state index in [9.17, 15) is 19.7 Å². The van der Waals surface area contributed by atoms with Gasteiger partial charge < -0.3 is 14.8 Å². The van der Waals surface area contributed by atoms with Crippen LogP contribution in [0.25, 0.3) is 0 Å². The molecule has 0 radical (unpaired) electrons. The lowest BCUT2D eigenvalue weighted by atomic mass is 10.2. The third-order valence-electron chi connectivity index (χ3n) is 3.79. The van der Waals surface area contributed by atoms with E-state index in [0.29, 0.717) is 5.75 Å². The van der Waals surface area contributed by atoms with Crippen molar-refractivity contribution in [3.63, 3.8) is 0 Å². The Balaban J connectivity index is 1.82. The van der Waals surface area contributed by atoms with Crippen molar-refractivity contribution < 1.29 is 24.0 Å². The first kappa shape index (κ1) is 19.9. The molecule has 27 heavy (non-hydrogen) atoms. The second kappa shape index (κ2) is 8.79. The van der Waals surface area contributed by atoms with Crippen LogP contribution in [0.5, 0.6) is 5.75 Å². The number of hydrogen-bond acceptors (Lipinski definition) is 7. The van der Waals surface area contributed by atoms with Crippen molar-refractivity contribution in [2.24, 2.45) is 0 Å². The first-order chi connectivity index (χ1) is 12.8. The molecule has 0 unspecified atom stereocenters. The Morgan fingerprint density at radius 3 is 2.70 bits per heavy atom. The molecule has 0 atom stereocenters. The summed E-state index contributed by atoms with van der Waals surface area (Å²) in [6.07, 6.45) is 0. The van der Waals surface area contributed by atoms with Crippen LogP contribution in [0.3, 0.4) is 0 Å². The van der Waals surface area contributed by atoms with Crippen LogP contribution < -0.4 is 10.1 Å². The van der Waals surface area contributed by atoms with Crippen LogP contribution in [0.15, 0.2) is 24.3 Å². The molecule has 1 aromatic heterocycles. The van der Waals surface area contributed by atoms with Crippen molar-refractivity contribution in [2.45, 2.75) is 26.9 Å². The highest BCUT2D eigenvalue weighted by molar-refractivity contribution is 5.80. The molecule has 10 nitrogen and oxygen atoms in total. The molecule has 1 aromatic carbocycles. The van der Waals surface area contributed by atoms with Crippen molar-refractivity contribution >= 4 is 17.6 Å². The summed E-state index contributed by atoms with van der Waals surface area (Å²) in [6.45, 7) is 2.47. The summed E-state index contributed by atoms with van der Waals surface area (Å²) in [5, 5.41) is 17.5. The van der Waals surface area contributed by atoms with Crippen LogP contribution in [0.1, 0.15) is 17.0 Å². The number of rotatable bonds is 8. The van der Waals surface area contributed by atoms with Gasteiger partial charge in [0.05, 0.1) is 12.0 Å². The predicted molar refractivity (Wildman–Crippen MR) is 94.2 cm³/mol. The second-order valence-corrected chi connectivity index (χ2v) is 5.72. The van der Waals surface area contributed by atoms with E-state index in [1.165, 1.54) is 18.5 Å². The number of methoxy groups -OCH3 is 1. The van der Waals surface area contributed by atoms with Gasteiger partial charge in [-0.1, -0.05) is 12.1 Å². The molecule has 144 valence electrons. The lowest BCUT2D eigenvalue weighted by Gasteiger charge is -2.08. The van der Waals surface area contributed by atoms with Crippen LogP contribution in [0.4, 0.5) is 5.69 Å². The van der Waals surface area contributed by atoms with Crippen molar-refractivity contribution in [1.29, 1.82) is 0 Å². The number of nitrogens with one attached hydrogen (secondary N) is 1. The van der Waals surface area contributed by atoms with Crippen molar-refractivity contribution in [3.8, 4) is 5.75 Å². The van der Waals surface area contributed by atoms with Gasteiger partial charge in [-0.25, -0.2) is 0 Å². The van der Waals surface area contributed by atoms with Gasteiger partial charge in [-0.3, -0.25) is 24.4 Å². The minimum Gasteiger partial charge on any atom is -0.497 e. The summed E-state index contributed by atoms with van der Waals surface area (Å²) >= 11 is 0. The molecule has 2 rings (SSSR count). The van der Waals surface area contributed by atoms with E-state index in [-0.39, 0.29) is 30.2 Å². The summed E-state index contributed by atoms with van der Waals surface area (Å²) in [5.74, 6) is -0.510. The molecule has 0 bridgehead atoms. The Hall–Kier alpha value is -3.43. The average molecular weight is 376 g/mol. The first-order valence-electron chi connectivity index (χ1n) is 8.05. The summed E-state index contributed by atoms with van der Waals surface area (Å²) in [7, 11) is 1.55. The standard InChI is InChI=1S/C17H20N4O6/c1-11-17(21(24)25)12(2)20(19-11)9-16(23)27-10-15(22)18-8-13-5-4-6-14(7-13)26-3/h4-7H,8-10H2,1-3H3,(H,18,22). The minimum atomic E-state index is -0.716. The van der Waals surface area contributed by atoms with E-state index in [4.69, 9.17) is 9.47 Å². The molecule has 0 aliphatic rings. The Kier molecular flexibility index (Phi) is 6.47. The Labute approximate surface area is 155 Å². The van der Waals surface area contributed by atoms with Gasteiger partial charge in [0.1, 0.15) is 23.7 Å². The number of benzene rings is 1. The summed E-state index contributed by atoms with van der Waals surface area (Å²) in [4.78, 5) is 34.1. The highest BCUT2D eigenvalue weighted by Gasteiger charge is 2.23. The zero-order valence-corrected chi connectivity index (χ0v) is 15.2. The zero-order chi connectivity index (χ0) is 20.0. The molecule has 0 aliphatic carbocycles. The SMILES string of the molecule is COc1cccc(CNC(=O)COC(=O)Cn2nc(C)c([N+](=O)[O-])c2C)c1. The summed E-state index contributed by atoms with van der Waals surface area (Å²) in [5.41, 5.74) is 1.15. The number of hydrogen-bond donors (Lipinski definition) is 1. The van der Waals surface area contributed by atoms with E-state index >= 15 is 0 Å². The fraction of sp³-hybridized carbons (Fsp3) is 0.353. The van der Waals surface area contributed by atoms with Crippen LogP contribution in [0.2, 0.25) is 0 Å². The van der Waals surface area contributed by atoms with Gasteiger partial charge in [0, 0.05) is 6.54 Å². The van der Waals surface area contributed by atoms with Gasteiger partial charge in [-0.2, -0.15) is 5.10 Å². The normalized spacial score (nSPS) is 10.3. The lowest BCUT2D eigenvalue weighted by Crippen LogP contribution is -2.29. The predicted octanol–water partition coefficient (Wildman–Crippen LogP) is 1.28. The zero-order valence-electron chi connectivity index (χ0n) is 15.2. The molecule has 2 aromatic rings. The van der Waals surface area contributed by atoms with Gasteiger partial charge >= 0.3 is 11.7 Å². The number of ether oxygens (including phenoxy) is 2. The Morgan fingerprint density at radius 1 is 1.33 bits per heavy atom. The number of aryl methyl sites for hydroxylation is 1. The first-order valence-corrected chi connectivity index (χ1v) is 8.05. The summed E-state index contributed by atoms with van der Waals surface area (Å²) in [6, 6.07) is 7.19. The van der Waals surface area contributed by atoms with Gasteiger partial charge in [0.25, 0.3) is 5.91 Å². The number of esters is 1. The number of nitrogens with zero attached hydrogens (tertiary/aromatic N) is 3. The highest BCUT2D eigenvalue weighted by atomic mass is 16.6. The van der Waals surface area contributed by atoms with Crippen molar-refractivity contribution in [1.82, 2.24) is 15.1 Å². The van der Waals surface area contributed by atoms with Crippen LogP contribution in [-0.2, 0) is 27.4 Å². The molecule has 0 spiro atoms. The fourth-order valence-corrected chi connectivity index (χ4v) is 2.45. The van der Waals surface area contributed by atoms with Crippen LogP contribution >= 0.6 is 0 Å². The number of carbonyl (C=O) groups excluding carboxylic acids is 2. The Morgan fingerprint density at radius 2 is 2.07 bits per heavy atom. The lowest BCUT2D eigenvalue weighted by molar-refractivity contribution is -0.386.